The predicted octanol–water partition coefficient (Wildman–Crippen LogP) is 4.95. The van der Waals surface area contributed by atoms with Crippen molar-refractivity contribution in [2.75, 3.05) is 13.1 Å². The molecule has 0 aliphatic carbocycles. The van der Waals surface area contributed by atoms with Crippen LogP contribution in [0.1, 0.15) is 37.3 Å². The van der Waals surface area contributed by atoms with E-state index in [9.17, 15) is 4.39 Å². The van der Waals surface area contributed by atoms with Gasteiger partial charge in [-0.2, -0.15) is 4.98 Å². The van der Waals surface area contributed by atoms with Crippen LogP contribution in [0.2, 0.25) is 0 Å². The summed E-state index contributed by atoms with van der Waals surface area (Å²) >= 11 is 1.62. The third-order valence-corrected chi connectivity index (χ3v) is 6.04. The molecule has 0 bridgehead atoms. The van der Waals surface area contributed by atoms with E-state index in [0.29, 0.717) is 17.6 Å². The van der Waals surface area contributed by atoms with Crippen molar-refractivity contribution in [2.45, 2.75) is 32.2 Å². The number of hydrogen-bond donors (Lipinski definition) is 0. The number of rotatable bonds is 5. The highest BCUT2D eigenvalue weighted by Gasteiger charge is 2.27. The first kappa shape index (κ1) is 17.4. The third kappa shape index (κ3) is 3.86. The molecule has 1 aromatic carbocycles. The summed E-state index contributed by atoms with van der Waals surface area (Å²) < 4.78 is 18.5. The van der Waals surface area contributed by atoms with Gasteiger partial charge in [-0.1, -0.05) is 23.4 Å². The Morgan fingerprint density at radius 1 is 1.23 bits per heavy atom. The van der Waals surface area contributed by atoms with E-state index < -0.39 is 0 Å². The summed E-state index contributed by atoms with van der Waals surface area (Å²) in [5, 5.41) is 6.13. The molecule has 1 saturated heterocycles. The van der Waals surface area contributed by atoms with Gasteiger partial charge in [-0.15, -0.1) is 11.3 Å². The number of nitrogens with zero attached hydrogens (tertiary/aromatic N) is 3. The minimum atomic E-state index is -0.168. The van der Waals surface area contributed by atoms with Crippen LogP contribution in [0.25, 0.3) is 10.7 Å². The van der Waals surface area contributed by atoms with Gasteiger partial charge in [0.2, 0.25) is 11.7 Å². The second-order valence-corrected chi connectivity index (χ2v) is 7.87. The largest absolute Gasteiger partial charge is 0.337 e. The molecule has 136 valence electrons. The molecule has 2 aromatic heterocycles. The SMILES string of the molecule is CC(c1nc(-c2cccs2)no1)N1CCC(Cc2ccc(F)cc2)CC1. The first-order valence-corrected chi connectivity index (χ1v) is 9.93. The number of thiophene rings is 1. The second-order valence-electron chi connectivity index (χ2n) is 6.92. The maximum Gasteiger partial charge on any atom is 0.244 e. The Morgan fingerprint density at radius 2 is 2.00 bits per heavy atom. The molecule has 1 aliphatic heterocycles. The highest BCUT2D eigenvalue weighted by Crippen LogP contribution is 2.29. The van der Waals surface area contributed by atoms with Crippen molar-refractivity contribution < 1.29 is 8.91 Å². The van der Waals surface area contributed by atoms with Crippen LogP contribution in [0.5, 0.6) is 0 Å². The zero-order valence-corrected chi connectivity index (χ0v) is 15.6. The molecule has 1 unspecified atom stereocenters. The van der Waals surface area contributed by atoms with Crippen molar-refractivity contribution in [3.8, 4) is 10.7 Å². The molecular formula is C20H22FN3OS. The maximum absolute atomic E-state index is 13.0. The fraction of sp³-hybridized carbons (Fsp3) is 0.400. The number of hydrogen-bond acceptors (Lipinski definition) is 5. The molecule has 1 aliphatic rings. The molecule has 0 spiro atoms. The van der Waals surface area contributed by atoms with E-state index in [0.717, 1.165) is 37.2 Å². The smallest absolute Gasteiger partial charge is 0.244 e. The van der Waals surface area contributed by atoms with Crippen LogP contribution >= 0.6 is 11.3 Å². The van der Waals surface area contributed by atoms with Gasteiger partial charge >= 0.3 is 0 Å². The molecule has 1 atom stereocenters. The van der Waals surface area contributed by atoms with E-state index in [-0.39, 0.29) is 11.9 Å². The molecule has 0 amide bonds. The highest BCUT2D eigenvalue weighted by atomic mass is 32.1. The molecule has 26 heavy (non-hydrogen) atoms. The summed E-state index contributed by atoms with van der Waals surface area (Å²) in [5.41, 5.74) is 1.22. The van der Waals surface area contributed by atoms with Crippen LogP contribution in [-0.4, -0.2) is 28.1 Å². The number of aromatic nitrogens is 2. The predicted molar refractivity (Wildman–Crippen MR) is 100 cm³/mol. The average Bonchev–Trinajstić information content (AvgIpc) is 3.35. The number of halogens is 1. The average molecular weight is 371 g/mol. The van der Waals surface area contributed by atoms with E-state index in [4.69, 9.17) is 4.52 Å². The van der Waals surface area contributed by atoms with Crippen molar-refractivity contribution in [3.05, 3.63) is 59.0 Å². The fourth-order valence-electron chi connectivity index (χ4n) is 3.57. The number of benzene rings is 1. The lowest BCUT2D eigenvalue weighted by molar-refractivity contribution is 0.119. The maximum atomic E-state index is 13.0. The topological polar surface area (TPSA) is 42.2 Å². The van der Waals surface area contributed by atoms with Crippen molar-refractivity contribution in [1.29, 1.82) is 0 Å². The standard InChI is InChI=1S/C20H22FN3OS/c1-14(20-22-19(23-25-20)18-3-2-12-26-18)24-10-8-16(9-11-24)13-15-4-6-17(21)7-5-15/h2-7,12,14,16H,8-11,13H2,1H3. The minimum absolute atomic E-state index is 0.128. The number of likely N-dealkylation sites (tertiary alicyclic amines) is 1. The molecule has 0 radical (unpaired) electrons. The zero-order valence-electron chi connectivity index (χ0n) is 14.8. The van der Waals surface area contributed by atoms with Crippen LogP contribution in [0.3, 0.4) is 0 Å². The Morgan fingerprint density at radius 3 is 2.69 bits per heavy atom. The van der Waals surface area contributed by atoms with E-state index >= 15 is 0 Å². The van der Waals surface area contributed by atoms with Crippen molar-refractivity contribution in [2.24, 2.45) is 5.92 Å². The van der Waals surface area contributed by atoms with Gasteiger partial charge in [0, 0.05) is 0 Å². The molecule has 6 heteroatoms. The van der Waals surface area contributed by atoms with Crippen LogP contribution < -0.4 is 0 Å². The monoisotopic (exact) mass is 371 g/mol. The minimum Gasteiger partial charge on any atom is -0.337 e. The molecule has 1 fully saturated rings. The Balaban J connectivity index is 1.33. The number of piperidine rings is 1. The summed E-state index contributed by atoms with van der Waals surface area (Å²) in [6, 6.07) is 11.0. The van der Waals surface area contributed by atoms with Crippen LogP contribution in [-0.2, 0) is 6.42 Å². The fourth-order valence-corrected chi connectivity index (χ4v) is 4.21. The molecular weight excluding hydrogens is 349 g/mol. The van der Waals surface area contributed by atoms with Crippen molar-refractivity contribution >= 4 is 11.3 Å². The van der Waals surface area contributed by atoms with Crippen molar-refractivity contribution in [1.82, 2.24) is 15.0 Å². The Kier molecular flexibility index (Phi) is 5.13. The summed E-state index contributed by atoms with van der Waals surface area (Å²) in [5.74, 6) is 1.84. The normalized spacial score (nSPS) is 17.5. The first-order valence-electron chi connectivity index (χ1n) is 9.05. The summed E-state index contributed by atoms with van der Waals surface area (Å²) in [4.78, 5) is 8.02. The highest BCUT2D eigenvalue weighted by molar-refractivity contribution is 7.13. The zero-order chi connectivity index (χ0) is 17.9. The quantitative estimate of drug-likeness (QED) is 0.636. The molecule has 3 heterocycles. The van der Waals surface area contributed by atoms with Gasteiger partial charge in [0.15, 0.2) is 0 Å². The van der Waals surface area contributed by atoms with E-state index in [1.54, 1.807) is 23.5 Å². The second kappa shape index (κ2) is 7.68. The Labute approximate surface area is 156 Å². The Bertz CT molecular complexity index is 823. The van der Waals surface area contributed by atoms with Gasteiger partial charge in [0.1, 0.15) is 5.82 Å². The van der Waals surface area contributed by atoms with Crippen LogP contribution in [0.4, 0.5) is 4.39 Å². The molecule has 4 nitrogen and oxygen atoms in total. The lowest BCUT2D eigenvalue weighted by atomic mass is 9.89. The third-order valence-electron chi connectivity index (χ3n) is 5.18. The Hall–Kier alpha value is -2.05. The summed E-state index contributed by atoms with van der Waals surface area (Å²) in [7, 11) is 0. The molecule has 3 aromatic rings. The molecule has 0 saturated carbocycles. The van der Waals surface area contributed by atoms with Gasteiger partial charge in [-0.25, -0.2) is 4.39 Å². The molecule has 4 rings (SSSR count). The van der Waals surface area contributed by atoms with Gasteiger partial charge < -0.3 is 4.52 Å². The van der Waals surface area contributed by atoms with E-state index in [2.05, 4.69) is 22.0 Å². The van der Waals surface area contributed by atoms with Gasteiger partial charge in [0.25, 0.3) is 0 Å². The summed E-state index contributed by atoms with van der Waals surface area (Å²) in [6.07, 6.45) is 3.28. The van der Waals surface area contributed by atoms with Crippen LogP contribution in [0.15, 0.2) is 46.3 Å². The first-order chi connectivity index (χ1) is 12.7. The molecule has 0 N–H and O–H groups in total. The lowest BCUT2D eigenvalue weighted by Crippen LogP contribution is -2.36. The van der Waals surface area contributed by atoms with Gasteiger partial charge in [-0.05, 0) is 74.3 Å². The van der Waals surface area contributed by atoms with Gasteiger partial charge in [0.05, 0.1) is 10.9 Å². The van der Waals surface area contributed by atoms with Gasteiger partial charge in [-0.3, -0.25) is 4.90 Å². The van der Waals surface area contributed by atoms with Crippen LogP contribution in [0, 0.1) is 11.7 Å². The lowest BCUT2D eigenvalue weighted by Gasteiger charge is -2.34. The summed E-state index contributed by atoms with van der Waals surface area (Å²) in [6.45, 7) is 4.17. The van der Waals surface area contributed by atoms with Crippen molar-refractivity contribution in [3.63, 3.8) is 0 Å². The van der Waals surface area contributed by atoms with E-state index in [1.165, 1.54) is 5.56 Å². The van der Waals surface area contributed by atoms with E-state index in [1.807, 2.05) is 29.6 Å².